The van der Waals surface area contributed by atoms with Crippen LogP contribution in [0.4, 0.5) is 0 Å². The van der Waals surface area contributed by atoms with E-state index in [0.29, 0.717) is 5.89 Å². The summed E-state index contributed by atoms with van der Waals surface area (Å²) in [5.74, 6) is 1.69. The number of rotatable bonds is 9. The molecule has 0 spiro atoms. The fraction of sp³-hybridized carbons (Fsp3) is 0.129. The average molecular weight is 495 g/mol. The molecule has 0 aliphatic rings. The van der Waals surface area contributed by atoms with Gasteiger partial charge in [-0.25, -0.2) is 0 Å². The lowest BCUT2D eigenvalue weighted by Gasteiger charge is -2.25. The van der Waals surface area contributed by atoms with Crippen molar-refractivity contribution in [3.63, 3.8) is 0 Å². The van der Waals surface area contributed by atoms with Crippen LogP contribution in [0.2, 0.25) is 0 Å². The van der Waals surface area contributed by atoms with Gasteiger partial charge in [-0.2, -0.15) is 4.98 Å². The van der Waals surface area contributed by atoms with Gasteiger partial charge in [0.05, 0.1) is 0 Å². The first kappa shape index (κ1) is 23.6. The van der Waals surface area contributed by atoms with E-state index in [0.717, 1.165) is 34.7 Å². The molecule has 0 saturated carbocycles. The second kappa shape index (κ2) is 11.1. The fourth-order valence-corrected chi connectivity index (χ4v) is 9.97. The van der Waals surface area contributed by atoms with E-state index in [4.69, 9.17) is 9.40 Å². The summed E-state index contributed by atoms with van der Waals surface area (Å²) >= 11 is 1.80. The SMILES string of the molecule is CCCCSc1oc(-c2ccccc2)nc1[P+](c1ccccc1)(c1ccccc1)c1ccccc1. The Labute approximate surface area is 212 Å². The third-order valence-corrected chi connectivity index (χ3v) is 11.4. The Morgan fingerprint density at radius 2 is 1.11 bits per heavy atom. The molecule has 0 fully saturated rings. The van der Waals surface area contributed by atoms with Gasteiger partial charge in [0.25, 0.3) is 5.44 Å². The third kappa shape index (κ3) is 4.72. The van der Waals surface area contributed by atoms with Gasteiger partial charge in [0.15, 0.2) is 7.26 Å². The molecule has 4 aromatic carbocycles. The topological polar surface area (TPSA) is 26.0 Å². The Morgan fingerprint density at radius 3 is 1.57 bits per heavy atom. The summed E-state index contributed by atoms with van der Waals surface area (Å²) < 4.78 is 6.60. The predicted molar refractivity (Wildman–Crippen MR) is 152 cm³/mol. The lowest BCUT2D eigenvalue weighted by Crippen LogP contribution is -2.40. The van der Waals surface area contributed by atoms with Gasteiger partial charge >= 0.3 is 0 Å². The van der Waals surface area contributed by atoms with E-state index in [-0.39, 0.29) is 0 Å². The maximum absolute atomic E-state index is 6.60. The zero-order valence-electron chi connectivity index (χ0n) is 19.9. The number of hydrogen-bond acceptors (Lipinski definition) is 3. The molecule has 35 heavy (non-hydrogen) atoms. The second-order valence-electron chi connectivity index (χ2n) is 8.38. The van der Waals surface area contributed by atoms with E-state index in [2.05, 4.69) is 110 Å². The van der Waals surface area contributed by atoms with Gasteiger partial charge in [-0.3, -0.25) is 0 Å². The van der Waals surface area contributed by atoms with Crippen molar-refractivity contribution in [2.75, 3.05) is 5.75 Å². The minimum Gasteiger partial charge on any atom is -0.425 e. The standard InChI is InChI=1S/C31H29NOPS/c1-2-3-24-35-31-30(32-29(33-31)25-16-8-4-9-17-25)34(26-18-10-5-11-19-26,27-20-12-6-13-21-27)28-22-14-7-15-23-28/h4-23H,2-3,24H2,1H3/q+1. The van der Waals surface area contributed by atoms with E-state index < -0.39 is 7.26 Å². The molecule has 5 rings (SSSR count). The van der Waals surface area contributed by atoms with Gasteiger partial charge in [-0.15, -0.1) is 0 Å². The Morgan fingerprint density at radius 1 is 0.657 bits per heavy atom. The van der Waals surface area contributed by atoms with E-state index >= 15 is 0 Å². The molecule has 2 nitrogen and oxygen atoms in total. The monoisotopic (exact) mass is 494 g/mol. The van der Waals surface area contributed by atoms with Gasteiger partial charge < -0.3 is 4.42 Å². The van der Waals surface area contributed by atoms with Crippen LogP contribution >= 0.6 is 19.0 Å². The van der Waals surface area contributed by atoms with Crippen LogP contribution in [-0.2, 0) is 0 Å². The molecule has 0 unspecified atom stereocenters. The molecule has 5 aromatic rings. The average Bonchev–Trinajstić information content (AvgIpc) is 3.36. The number of nitrogens with zero attached hydrogens (tertiary/aromatic N) is 1. The zero-order valence-corrected chi connectivity index (χ0v) is 21.6. The maximum atomic E-state index is 6.60. The molecule has 0 radical (unpaired) electrons. The van der Waals surface area contributed by atoms with Crippen molar-refractivity contribution in [1.29, 1.82) is 0 Å². The van der Waals surface area contributed by atoms with Crippen LogP contribution in [0.1, 0.15) is 19.8 Å². The van der Waals surface area contributed by atoms with Crippen LogP contribution < -0.4 is 21.3 Å². The smallest absolute Gasteiger partial charge is 0.251 e. The van der Waals surface area contributed by atoms with E-state index in [9.17, 15) is 0 Å². The Hall–Kier alpha value is -3.13. The Bertz CT molecular complexity index is 1240. The van der Waals surface area contributed by atoms with Gasteiger partial charge in [0.1, 0.15) is 15.9 Å². The molecule has 0 bridgehead atoms. The summed E-state index contributed by atoms with van der Waals surface area (Å²) in [6.07, 6.45) is 2.29. The fourth-order valence-electron chi connectivity index (χ4n) is 4.39. The predicted octanol–water partition coefficient (Wildman–Crippen LogP) is 6.85. The van der Waals surface area contributed by atoms with E-state index in [1.54, 1.807) is 11.8 Å². The highest BCUT2D eigenvalue weighted by atomic mass is 32.2. The second-order valence-corrected chi connectivity index (χ2v) is 12.8. The molecular weight excluding hydrogens is 465 g/mol. The maximum Gasteiger partial charge on any atom is 0.251 e. The quantitative estimate of drug-likeness (QED) is 0.127. The van der Waals surface area contributed by atoms with Crippen LogP contribution in [0.25, 0.3) is 11.5 Å². The molecule has 0 N–H and O–H groups in total. The summed E-state index contributed by atoms with van der Waals surface area (Å²) in [6, 6.07) is 42.9. The highest BCUT2D eigenvalue weighted by Gasteiger charge is 2.52. The molecule has 0 amide bonds. The Kier molecular flexibility index (Phi) is 7.47. The molecule has 4 heteroatoms. The van der Waals surface area contributed by atoms with Crippen LogP contribution in [-0.4, -0.2) is 10.7 Å². The molecule has 0 saturated heterocycles. The molecular formula is C31H29NOPS+. The van der Waals surface area contributed by atoms with Gasteiger partial charge in [-0.1, -0.05) is 97.9 Å². The van der Waals surface area contributed by atoms with Crippen molar-refractivity contribution < 1.29 is 4.42 Å². The molecule has 0 atom stereocenters. The van der Waals surface area contributed by atoms with Crippen LogP contribution in [0, 0.1) is 0 Å². The van der Waals surface area contributed by atoms with Gasteiger partial charge in [-0.05, 0) is 55.0 Å². The third-order valence-electron chi connectivity index (χ3n) is 6.08. The number of thioether (sulfide) groups is 1. The van der Waals surface area contributed by atoms with E-state index in [1.165, 1.54) is 15.9 Å². The van der Waals surface area contributed by atoms with Gasteiger partial charge in [0.2, 0.25) is 11.0 Å². The van der Waals surface area contributed by atoms with Crippen molar-refractivity contribution in [1.82, 2.24) is 4.98 Å². The number of aromatic nitrogens is 1. The summed E-state index contributed by atoms with van der Waals surface area (Å²) in [7, 11) is -2.32. The zero-order chi connectivity index (χ0) is 23.9. The first-order valence-corrected chi connectivity index (χ1v) is 14.9. The van der Waals surface area contributed by atoms with Crippen molar-refractivity contribution in [3.8, 4) is 11.5 Å². The lowest BCUT2D eigenvalue weighted by atomic mass is 10.2. The number of hydrogen-bond donors (Lipinski definition) is 0. The summed E-state index contributed by atoms with van der Waals surface area (Å²) in [6.45, 7) is 2.23. The minimum absolute atomic E-state index is 0.687. The first-order chi connectivity index (χ1) is 17.3. The van der Waals surface area contributed by atoms with Crippen LogP contribution in [0.15, 0.2) is 131 Å². The highest BCUT2D eigenvalue weighted by molar-refractivity contribution is 8.04. The molecule has 1 heterocycles. The first-order valence-electron chi connectivity index (χ1n) is 12.1. The molecule has 1 aromatic heterocycles. The highest BCUT2D eigenvalue weighted by Crippen LogP contribution is 2.56. The van der Waals surface area contributed by atoms with Crippen molar-refractivity contribution in [3.05, 3.63) is 121 Å². The normalized spacial score (nSPS) is 11.5. The summed E-state index contributed by atoms with van der Waals surface area (Å²) in [4.78, 5) is 5.32. The number of oxazole rings is 1. The van der Waals surface area contributed by atoms with E-state index in [1.807, 2.05) is 18.2 Å². The minimum atomic E-state index is -2.32. The van der Waals surface area contributed by atoms with Crippen LogP contribution in [0.3, 0.4) is 0 Å². The Balaban J connectivity index is 1.84. The molecule has 174 valence electrons. The summed E-state index contributed by atoms with van der Waals surface area (Å²) in [5, 5.41) is 4.77. The lowest BCUT2D eigenvalue weighted by molar-refractivity contribution is 0.487. The van der Waals surface area contributed by atoms with Crippen molar-refractivity contribution in [2.24, 2.45) is 0 Å². The van der Waals surface area contributed by atoms with Gasteiger partial charge in [0, 0.05) is 11.3 Å². The largest absolute Gasteiger partial charge is 0.425 e. The van der Waals surface area contributed by atoms with Crippen molar-refractivity contribution in [2.45, 2.75) is 24.9 Å². The van der Waals surface area contributed by atoms with Crippen LogP contribution in [0.5, 0.6) is 0 Å². The number of unbranched alkanes of at least 4 members (excludes halogenated alkanes) is 1. The molecule has 0 aliphatic heterocycles. The van der Waals surface area contributed by atoms with Crippen molar-refractivity contribution >= 4 is 40.4 Å². The summed E-state index contributed by atoms with van der Waals surface area (Å²) in [5.41, 5.74) is 2.06. The number of benzene rings is 4. The molecule has 0 aliphatic carbocycles.